The fraction of sp³-hybridized carbons (Fsp3) is 0.500. The minimum atomic E-state index is -0.908. The summed E-state index contributed by atoms with van der Waals surface area (Å²) in [6, 6.07) is 0. The Bertz CT molecular complexity index is 392. The van der Waals surface area contributed by atoms with Gasteiger partial charge in [0.05, 0.1) is 24.2 Å². The summed E-state index contributed by atoms with van der Waals surface area (Å²) in [6.07, 6.45) is 3.65. The third-order valence-corrected chi connectivity index (χ3v) is 2.80. The number of aryl methyl sites for hydroxylation is 1. The van der Waals surface area contributed by atoms with Crippen molar-refractivity contribution in [1.82, 2.24) is 15.1 Å². The highest BCUT2D eigenvalue weighted by Crippen LogP contribution is 1.98. The molecule has 0 aliphatic heterocycles. The molecule has 1 rings (SSSR count). The Morgan fingerprint density at radius 3 is 2.88 bits per heavy atom. The molecule has 0 aromatic carbocycles. The molecule has 0 bridgehead atoms. The number of hydrogen-bond acceptors (Lipinski definition) is 4. The van der Waals surface area contributed by atoms with Crippen molar-refractivity contribution in [2.24, 2.45) is 0 Å². The molecule has 6 nitrogen and oxygen atoms in total. The summed E-state index contributed by atoms with van der Waals surface area (Å²) in [4.78, 5) is 21.5. The third-order valence-electron chi connectivity index (χ3n) is 1.88. The van der Waals surface area contributed by atoms with Crippen LogP contribution in [-0.4, -0.2) is 44.8 Å². The van der Waals surface area contributed by atoms with Gasteiger partial charge in [-0.15, -0.1) is 11.8 Å². The molecular formula is C10H15N3O3S. The number of carbonyl (C=O) groups excluding carboxylic acids is 1. The SMILES string of the molecule is Cc1cnn(CCNC(=O)CSCC(=O)O)c1. The second-order valence-electron chi connectivity index (χ2n) is 3.52. The summed E-state index contributed by atoms with van der Waals surface area (Å²) in [5.41, 5.74) is 1.08. The van der Waals surface area contributed by atoms with Gasteiger partial charge < -0.3 is 10.4 Å². The number of thioether (sulfide) groups is 1. The molecule has 0 saturated carbocycles. The van der Waals surface area contributed by atoms with E-state index in [1.54, 1.807) is 10.9 Å². The molecular weight excluding hydrogens is 242 g/mol. The predicted molar refractivity (Wildman–Crippen MR) is 64.9 cm³/mol. The fourth-order valence-corrected chi connectivity index (χ4v) is 1.75. The van der Waals surface area contributed by atoms with Gasteiger partial charge >= 0.3 is 5.97 Å². The number of aromatic nitrogens is 2. The maximum Gasteiger partial charge on any atom is 0.313 e. The molecule has 7 heteroatoms. The van der Waals surface area contributed by atoms with Gasteiger partial charge in [0, 0.05) is 12.7 Å². The number of aliphatic carboxylic acids is 1. The second kappa shape index (κ2) is 6.95. The lowest BCUT2D eigenvalue weighted by Gasteiger charge is -2.04. The molecule has 0 radical (unpaired) electrons. The van der Waals surface area contributed by atoms with E-state index in [2.05, 4.69) is 10.4 Å². The first kappa shape index (κ1) is 13.6. The zero-order valence-electron chi connectivity index (χ0n) is 9.55. The van der Waals surface area contributed by atoms with Crippen molar-refractivity contribution >= 4 is 23.6 Å². The number of carboxylic acid groups (broad SMARTS) is 1. The van der Waals surface area contributed by atoms with Crippen LogP contribution in [-0.2, 0) is 16.1 Å². The largest absolute Gasteiger partial charge is 0.481 e. The van der Waals surface area contributed by atoms with E-state index in [0.29, 0.717) is 13.1 Å². The average Bonchev–Trinajstić information content (AvgIpc) is 2.63. The maximum atomic E-state index is 11.3. The molecule has 94 valence electrons. The number of rotatable bonds is 7. The highest BCUT2D eigenvalue weighted by molar-refractivity contribution is 8.00. The van der Waals surface area contributed by atoms with Crippen LogP contribution in [0.25, 0.3) is 0 Å². The molecule has 0 aliphatic carbocycles. The van der Waals surface area contributed by atoms with Gasteiger partial charge in [-0.2, -0.15) is 5.10 Å². The monoisotopic (exact) mass is 257 g/mol. The van der Waals surface area contributed by atoms with Crippen LogP contribution in [0.3, 0.4) is 0 Å². The molecule has 1 aromatic rings. The van der Waals surface area contributed by atoms with Crippen molar-refractivity contribution in [1.29, 1.82) is 0 Å². The number of carbonyl (C=O) groups is 2. The van der Waals surface area contributed by atoms with Crippen molar-refractivity contribution < 1.29 is 14.7 Å². The molecule has 1 heterocycles. The standard InChI is InChI=1S/C10H15N3O3S/c1-8-4-12-13(5-8)3-2-11-9(14)6-17-7-10(15)16/h4-5H,2-3,6-7H2,1H3,(H,11,14)(H,15,16). The summed E-state index contributed by atoms with van der Waals surface area (Å²) in [6.45, 7) is 3.06. The molecule has 0 spiro atoms. The number of hydrogen-bond donors (Lipinski definition) is 2. The normalized spacial score (nSPS) is 10.2. The van der Waals surface area contributed by atoms with E-state index in [1.807, 2.05) is 13.1 Å². The van der Waals surface area contributed by atoms with E-state index in [0.717, 1.165) is 17.3 Å². The maximum absolute atomic E-state index is 11.3. The Balaban J connectivity index is 2.10. The van der Waals surface area contributed by atoms with Gasteiger partial charge in [0.15, 0.2) is 0 Å². The van der Waals surface area contributed by atoms with E-state index in [1.165, 1.54) is 0 Å². The summed E-state index contributed by atoms with van der Waals surface area (Å²) in [5, 5.41) is 15.2. The molecule has 1 amide bonds. The Labute approximate surface area is 103 Å². The van der Waals surface area contributed by atoms with Gasteiger partial charge in [0.25, 0.3) is 0 Å². The van der Waals surface area contributed by atoms with Gasteiger partial charge in [-0.05, 0) is 12.5 Å². The van der Waals surface area contributed by atoms with E-state index in [4.69, 9.17) is 5.11 Å². The summed E-state index contributed by atoms with van der Waals surface area (Å²) in [7, 11) is 0. The highest BCUT2D eigenvalue weighted by atomic mass is 32.2. The Kier molecular flexibility index (Phi) is 5.55. The Hall–Kier alpha value is -1.50. The van der Waals surface area contributed by atoms with Crippen LogP contribution in [0.1, 0.15) is 5.56 Å². The molecule has 0 unspecified atom stereocenters. The van der Waals surface area contributed by atoms with E-state index in [9.17, 15) is 9.59 Å². The number of nitrogens with zero attached hydrogens (tertiary/aromatic N) is 2. The lowest BCUT2D eigenvalue weighted by atomic mass is 10.4. The predicted octanol–water partition coefficient (Wildman–Crippen LogP) is 0.126. The molecule has 2 N–H and O–H groups in total. The lowest BCUT2D eigenvalue weighted by Crippen LogP contribution is -2.29. The molecule has 1 aromatic heterocycles. The summed E-state index contributed by atoms with van der Waals surface area (Å²) < 4.78 is 1.75. The number of nitrogens with one attached hydrogen (secondary N) is 1. The van der Waals surface area contributed by atoms with Crippen LogP contribution < -0.4 is 5.32 Å². The van der Waals surface area contributed by atoms with Crippen LogP contribution in [0.15, 0.2) is 12.4 Å². The first-order valence-corrected chi connectivity index (χ1v) is 6.28. The molecule has 0 atom stereocenters. The first-order chi connectivity index (χ1) is 8.08. The highest BCUT2D eigenvalue weighted by Gasteiger charge is 2.03. The fourth-order valence-electron chi connectivity index (χ4n) is 1.18. The first-order valence-electron chi connectivity index (χ1n) is 5.13. The molecule has 0 fully saturated rings. The Morgan fingerprint density at radius 2 is 2.29 bits per heavy atom. The lowest BCUT2D eigenvalue weighted by molar-refractivity contribution is -0.133. The van der Waals surface area contributed by atoms with Crippen LogP contribution in [0.5, 0.6) is 0 Å². The van der Waals surface area contributed by atoms with Crippen LogP contribution in [0.4, 0.5) is 0 Å². The van der Waals surface area contributed by atoms with Crippen molar-refractivity contribution in [3.63, 3.8) is 0 Å². The third kappa shape index (κ3) is 5.96. The van der Waals surface area contributed by atoms with Crippen molar-refractivity contribution in [2.45, 2.75) is 13.5 Å². The minimum absolute atomic E-state index is 0.0498. The van der Waals surface area contributed by atoms with E-state index >= 15 is 0 Å². The number of carboxylic acids is 1. The van der Waals surface area contributed by atoms with Gasteiger partial charge in [-0.1, -0.05) is 0 Å². The topological polar surface area (TPSA) is 84.2 Å². The van der Waals surface area contributed by atoms with Gasteiger partial charge in [0.2, 0.25) is 5.91 Å². The molecule has 0 saturated heterocycles. The van der Waals surface area contributed by atoms with Crippen LogP contribution in [0, 0.1) is 6.92 Å². The molecule has 17 heavy (non-hydrogen) atoms. The Morgan fingerprint density at radius 1 is 1.53 bits per heavy atom. The second-order valence-corrected chi connectivity index (χ2v) is 4.50. The van der Waals surface area contributed by atoms with Gasteiger partial charge in [-0.25, -0.2) is 0 Å². The minimum Gasteiger partial charge on any atom is -0.481 e. The quantitative estimate of drug-likeness (QED) is 0.725. The smallest absolute Gasteiger partial charge is 0.313 e. The van der Waals surface area contributed by atoms with E-state index in [-0.39, 0.29) is 17.4 Å². The van der Waals surface area contributed by atoms with Gasteiger partial charge in [0.1, 0.15) is 0 Å². The van der Waals surface area contributed by atoms with Crippen molar-refractivity contribution in [2.75, 3.05) is 18.1 Å². The average molecular weight is 257 g/mol. The summed E-state index contributed by atoms with van der Waals surface area (Å²) in [5.74, 6) is -0.939. The van der Waals surface area contributed by atoms with Crippen molar-refractivity contribution in [3.8, 4) is 0 Å². The molecule has 0 aliphatic rings. The summed E-state index contributed by atoms with van der Waals surface area (Å²) >= 11 is 1.09. The van der Waals surface area contributed by atoms with Gasteiger partial charge in [-0.3, -0.25) is 14.3 Å². The van der Waals surface area contributed by atoms with E-state index < -0.39 is 5.97 Å². The zero-order valence-corrected chi connectivity index (χ0v) is 10.4. The van der Waals surface area contributed by atoms with Crippen LogP contribution in [0.2, 0.25) is 0 Å². The number of amides is 1. The zero-order chi connectivity index (χ0) is 12.7. The van der Waals surface area contributed by atoms with Crippen molar-refractivity contribution in [3.05, 3.63) is 18.0 Å². The van der Waals surface area contributed by atoms with Crippen LogP contribution >= 0.6 is 11.8 Å².